The van der Waals surface area contributed by atoms with Crippen LogP contribution in [0.2, 0.25) is 0 Å². The minimum absolute atomic E-state index is 0.158. The third-order valence-corrected chi connectivity index (χ3v) is 6.36. The van der Waals surface area contributed by atoms with Crippen LogP contribution in [0, 0.1) is 13.8 Å². The van der Waals surface area contributed by atoms with Gasteiger partial charge in [0.25, 0.3) is 11.8 Å². The van der Waals surface area contributed by atoms with Gasteiger partial charge >= 0.3 is 0 Å². The highest BCUT2D eigenvalue weighted by Crippen LogP contribution is 2.36. The zero-order valence-electron chi connectivity index (χ0n) is 19.5. The Morgan fingerprint density at radius 2 is 1.59 bits per heavy atom. The number of ether oxygens (including phenoxy) is 2. The van der Waals surface area contributed by atoms with Crippen molar-refractivity contribution in [2.24, 2.45) is 0 Å². The number of hydrogen-bond donors (Lipinski definition) is 0. The summed E-state index contributed by atoms with van der Waals surface area (Å²) in [6, 6.07) is 21.3. The van der Waals surface area contributed by atoms with Gasteiger partial charge in [0.05, 0.1) is 12.1 Å². The summed E-state index contributed by atoms with van der Waals surface area (Å²) in [6.07, 6.45) is 0. The number of rotatable bonds is 6. The monoisotopic (exact) mass is 454 g/mol. The summed E-state index contributed by atoms with van der Waals surface area (Å²) >= 11 is 0. The van der Waals surface area contributed by atoms with E-state index in [4.69, 9.17) is 9.47 Å². The van der Waals surface area contributed by atoms with Gasteiger partial charge in [0.1, 0.15) is 5.70 Å². The first-order valence-corrected chi connectivity index (χ1v) is 11.2. The van der Waals surface area contributed by atoms with Gasteiger partial charge in [0.15, 0.2) is 11.5 Å². The van der Waals surface area contributed by atoms with Crippen LogP contribution in [0.15, 0.2) is 72.4 Å². The van der Waals surface area contributed by atoms with Gasteiger partial charge in [-0.05, 0) is 53.8 Å². The molecule has 0 unspecified atom stereocenters. The molecule has 2 amide bonds. The van der Waals surface area contributed by atoms with Gasteiger partial charge in [-0.2, -0.15) is 0 Å². The van der Waals surface area contributed by atoms with Crippen LogP contribution in [0.25, 0.3) is 5.57 Å². The Bertz CT molecular complexity index is 1310. The van der Waals surface area contributed by atoms with Crippen molar-refractivity contribution < 1.29 is 19.1 Å². The minimum atomic E-state index is -0.297. The first-order valence-electron chi connectivity index (χ1n) is 11.2. The molecule has 2 aliphatic heterocycles. The van der Waals surface area contributed by atoms with E-state index in [-0.39, 0.29) is 25.2 Å². The average molecular weight is 455 g/mol. The average Bonchev–Trinajstić information content (AvgIpc) is 3.39. The van der Waals surface area contributed by atoms with Gasteiger partial charge in [0.2, 0.25) is 6.79 Å². The fourth-order valence-corrected chi connectivity index (χ4v) is 4.38. The number of hydrogen-bond acceptors (Lipinski definition) is 5. The number of aryl methyl sites for hydroxylation is 2. The number of likely N-dealkylation sites (N-methyl/N-ethyl adjacent to an activating group) is 1. The van der Waals surface area contributed by atoms with Crippen LogP contribution < -0.4 is 9.47 Å². The lowest BCUT2D eigenvalue weighted by atomic mass is 9.99. The number of nitrogens with zero attached hydrogens (tertiary/aromatic N) is 2. The molecule has 0 N–H and O–H groups in total. The molecule has 0 bridgehead atoms. The Morgan fingerprint density at radius 1 is 0.824 bits per heavy atom. The van der Waals surface area contributed by atoms with Crippen molar-refractivity contribution in [3.05, 3.63) is 100 Å². The van der Waals surface area contributed by atoms with Gasteiger partial charge in [0, 0.05) is 13.6 Å². The molecule has 0 spiro atoms. The molecule has 6 heteroatoms. The van der Waals surface area contributed by atoms with Crippen molar-refractivity contribution in [1.29, 1.82) is 0 Å². The molecule has 5 rings (SSSR count). The van der Waals surface area contributed by atoms with Crippen LogP contribution in [0.1, 0.15) is 27.8 Å². The zero-order chi connectivity index (χ0) is 23.8. The molecule has 2 heterocycles. The van der Waals surface area contributed by atoms with Gasteiger partial charge in [-0.25, -0.2) is 0 Å². The van der Waals surface area contributed by atoms with Gasteiger partial charge < -0.3 is 14.4 Å². The van der Waals surface area contributed by atoms with E-state index in [1.54, 1.807) is 0 Å². The van der Waals surface area contributed by atoms with Crippen LogP contribution in [0.3, 0.4) is 0 Å². The van der Waals surface area contributed by atoms with Crippen LogP contribution in [0.4, 0.5) is 0 Å². The van der Waals surface area contributed by atoms with Crippen LogP contribution in [-0.2, 0) is 22.7 Å². The van der Waals surface area contributed by atoms with E-state index in [2.05, 4.69) is 0 Å². The van der Waals surface area contributed by atoms with E-state index in [1.165, 1.54) is 4.90 Å². The third-order valence-electron chi connectivity index (χ3n) is 6.36. The molecule has 6 nitrogen and oxygen atoms in total. The van der Waals surface area contributed by atoms with E-state index in [9.17, 15) is 9.59 Å². The molecule has 0 aliphatic carbocycles. The third kappa shape index (κ3) is 3.92. The maximum atomic E-state index is 13.7. The molecule has 0 saturated heterocycles. The molecule has 3 aromatic rings. The molecule has 2 aliphatic rings. The maximum Gasteiger partial charge on any atom is 0.278 e. The normalized spacial score (nSPS) is 14.9. The Balaban J connectivity index is 1.52. The number of fused-ring (bicyclic) bond motifs is 1. The Labute approximate surface area is 199 Å². The number of carbonyl (C=O) groups is 2. The summed E-state index contributed by atoms with van der Waals surface area (Å²) in [5.41, 5.74) is 5.68. The highest BCUT2D eigenvalue weighted by Gasteiger charge is 2.41. The molecule has 0 atom stereocenters. The fraction of sp³-hybridized carbons (Fsp3) is 0.214. The zero-order valence-corrected chi connectivity index (χ0v) is 19.5. The van der Waals surface area contributed by atoms with Crippen molar-refractivity contribution in [3.63, 3.8) is 0 Å². The molecule has 3 aromatic carbocycles. The lowest BCUT2D eigenvalue weighted by molar-refractivity contribution is -0.138. The van der Waals surface area contributed by atoms with Crippen LogP contribution in [-0.4, -0.2) is 35.5 Å². The standard InChI is InChI=1S/C28H26N2O4/c1-18-9-11-22(13-19(18)2)25-26(29(3)15-20-7-5-4-6-8-20)28(32)30(27(25)31)16-21-10-12-23-24(14-21)34-17-33-23/h4-14H,15-17H2,1-3H3. The molecule has 0 aromatic heterocycles. The number of imide groups is 1. The van der Waals surface area contributed by atoms with Crippen molar-refractivity contribution in [1.82, 2.24) is 9.80 Å². The predicted octanol–water partition coefficient (Wildman–Crippen LogP) is 4.44. The topological polar surface area (TPSA) is 59.1 Å². The summed E-state index contributed by atoms with van der Waals surface area (Å²) in [6.45, 7) is 4.89. The first kappa shape index (κ1) is 21.8. The van der Waals surface area contributed by atoms with E-state index < -0.39 is 0 Å². The van der Waals surface area contributed by atoms with Crippen molar-refractivity contribution in [2.45, 2.75) is 26.9 Å². The predicted molar refractivity (Wildman–Crippen MR) is 129 cm³/mol. The second kappa shape index (κ2) is 8.71. The fourth-order valence-electron chi connectivity index (χ4n) is 4.38. The number of benzene rings is 3. The van der Waals surface area contributed by atoms with E-state index in [1.807, 2.05) is 92.5 Å². The van der Waals surface area contributed by atoms with E-state index in [0.29, 0.717) is 29.3 Å². The Hall–Kier alpha value is -4.06. The smallest absolute Gasteiger partial charge is 0.278 e. The molecule has 0 saturated carbocycles. The molecule has 34 heavy (non-hydrogen) atoms. The summed E-state index contributed by atoms with van der Waals surface area (Å²) in [5.74, 6) is 0.704. The van der Waals surface area contributed by atoms with E-state index >= 15 is 0 Å². The van der Waals surface area contributed by atoms with Crippen LogP contribution >= 0.6 is 0 Å². The summed E-state index contributed by atoms with van der Waals surface area (Å²) in [4.78, 5) is 30.5. The number of carbonyl (C=O) groups excluding carboxylic acids is 2. The Kier molecular flexibility index (Phi) is 5.57. The molecule has 172 valence electrons. The lowest BCUT2D eigenvalue weighted by Gasteiger charge is -2.22. The minimum Gasteiger partial charge on any atom is -0.454 e. The van der Waals surface area contributed by atoms with Crippen molar-refractivity contribution in [2.75, 3.05) is 13.8 Å². The van der Waals surface area contributed by atoms with E-state index in [0.717, 1.165) is 27.8 Å². The largest absolute Gasteiger partial charge is 0.454 e. The van der Waals surface area contributed by atoms with Crippen LogP contribution in [0.5, 0.6) is 11.5 Å². The van der Waals surface area contributed by atoms with Gasteiger partial charge in [-0.15, -0.1) is 0 Å². The highest BCUT2D eigenvalue weighted by atomic mass is 16.7. The van der Waals surface area contributed by atoms with Gasteiger partial charge in [-0.1, -0.05) is 54.6 Å². The quantitative estimate of drug-likeness (QED) is 0.516. The Morgan fingerprint density at radius 3 is 2.35 bits per heavy atom. The second-order valence-electron chi connectivity index (χ2n) is 8.75. The molecular formula is C28H26N2O4. The summed E-state index contributed by atoms with van der Waals surface area (Å²) in [7, 11) is 1.86. The molecule has 0 radical (unpaired) electrons. The number of amides is 2. The molecular weight excluding hydrogens is 428 g/mol. The van der Waals surface area contributed by atoms with Crippen molar-refractivity contribution >= 4 is 17.4 Å². The SMILES string of the molecule is Cc1ccc(C2=C(N(C)Cc3ccccc3)C(=O)N(Cc3ccc4c(c3)OCO4)C2=O)cc1C. The second-order valence-corrected chi connectivity index (χ2v) is 8.75. The summed E-state index contributed by atoms with van der Waals surface area (Å²) < 4.78 is 10.9. The van der Waals surface area contributed by atoms with Gasteiger partial charge in [-0.3, -0.25) is 14.5 Å². The molecule has 0 fully saturated rings. The van der Waals surface area contributed by atoms with Crippen molar-refractivity contribution in [3.8, 4) is 11.5 Å². The highest BCUT2D eigenvalue weighted by molar-refractivity contribution is 6.35. The summed E-state index contributed by atoms with van der Waals surface area (Å²) in [5, 5.41) is 0. The maximum absolute atomic E-state index is 13.7. The lowest BCUT2D eigenvalue weighted by Crippen LogP contribution is -2.33. The first-order chi connectivity index (χ1) is 16.4.